The van der Waals surface area contributed by atoms with Crippen LogP contribution >= 0.6 is 0 Å². The molecule has 25 heavy (non-hydrogen) atoms. The maximum Gasteiger partial charge on any atom is 0.273 e. The summed E-state index contributed by atoms with van der Waals surface area (Å²) in [6, 6.07) is 19.0. The van der Waals surface area contributed by atoms with Gasteiger partial charge in [0.25, 0.3) is 5.91 Å². The lowest BCUT2D eigenvalue weighted by Gasteiger charge is -2.07. The van der Waals surface area contributed by atoms with Crippen molar-refractivity contribution in [1.29, 1.82) is 0 Å². The second-order valence-electron chi connectivity index (χ2n) is 6.13. The minimum absolute atomic E-state index is 0.222. The molecule has 2 aromatic carbocycles. The minimum atomic E-state index is -0.222. The smallest absolute Gasteiger partial charge is 0.273 e. The molecule has 0 unspecified atom stereocenters. The molecular weight excluding hydrogens is 316 g/mol. The van der Waals surface area contributed by atoms with Gasteiger partial charge in [-0.25, -0.2) is 0 Å². The van der Waals surface area contributed by atoms with Crippen molar-refractivity contribution >= 4 is 5.91 Å². The van der Waals surface area contributed by atoms with Gasteiger partial charge in [0, 0.05) is 18.5 Å². The maximum atomic E-state index is 12.1. The highest BCUT2D eigenvalue weighted by Crippen LogP contribution is 2.40. The summed E-state index contributed by atoms with van der Waals surface area (Å²) in [5, 5.41) is 6.70. The zero-order valence-corrected chi connectivity index (χ0v) is 13.6. The summed E-state index contributed by atoms with van der Waals surface area (Å²) in [6.07, 6.45) is 2.24. The van der Waals surface area contributed by atoms with Crippen molar-refractivity contribution in [2.75, 3.05) is 0 Å². The van der Waals surface area contributed by atoms with E-state index in [4.69, 9.17) is 9.26 Å². The van der Waals surface area contributed by atoms with Crippen LogP contribution in [0.2, 0.25) is 0 Å². The van der Waals surface area contributed by atoms with E-state index in [1.807, 2.05) is 54.6 Å². The third-order valence-electron chi connectivity index (χ3n) is 4.10. The van der Waals surface area contributed by atoms with E-state index in [1.54, 1.807) is 6.07 Å². The van der Waals surface area contributed by atoms with Crippen molar-refractivity contribution in [2.45, 2.75) is 25.3 Å². The fraction of sp³-hybridized carbons (Fsp3) is 0.200. The van der Waals surface area contributed by atoms with Crippen molar-refractivity contribution < 1.29 is 14.1 Å². The molecule has 0 radical (unpaired) electrons. The highest BCUT2D eigenvalue weighted by molar-refractivity contribution is 5.92. The Morgan fingerprint density at radius 2 is 1.80 bits per heavy atom. The molecule has 4 rings (SSSR count). The van der Waals surface area contributed by atoms with Gasteiger partial charge in [0.05, 0.1) is 0 Å². The molecule has 0 atom stereocenters. The standard InChI is InChI=1S/C20H18N2O3/c23-20(18-12-19(25-22-18)15-8-9-15)21-13-14-6-10-17(11-7-14)24-16-4-2-1-3-5-16/h1-7,10-12,15H,8-9,13H2,(H,21,23). The number of hydrogen-bond acceptors (Lipinski definition) is 4. The van der Waals surface area contributed by atoms with E-state index < -0.39 is 0 Å². The van der Waals surface area contributed by atoms with Crippen LogP contribution in [-0.4, -0.2) is 11.1 Å². The first-order valence-corrected chi connectivity index (χ1v) is 8.34. The zero-order chi connectivity index (χ0) is 17.1. The van der Waals surface area contributed by atoms with Crippen LogP contribution in [0.15, 0.2) is 65.2 Å². The van der Waals surface area contributed by atoms with Crippen molar-refractivity contribution in [2.24, 2.45) is 0 Å². The summed E-state index contributed by atoms with van der Waals surface area (Å²) in [6.45, 7) is 0.427. The number of para-hydroxylation sites is 1. The lowest BCUT2D eigenvalue weighted by atomic mass is 10.2. The number of amides is 1. The molecule has 1 aliphatic carbocycles. The van der Waals surface area contributed by atoms with E-state index in [0.29, 0.717) is 18.2 Å². The van der Waals surface area contributed by atoms with Crippen LogP contribution in [0.4, 0.5) is 0 Å². The van der Waals surface area contributed by atoms with E-state index in [9.17, 15) is 4.79 Å². The minimum Gasteiger partial charge on any atom is -0.457 e. The van der Waals surface area contributed by atoms with E-state index in [0.717, 1.165) is 35.7 Å². The average molecular weight is 334 g/mol. The van der Waals surface area contributed by atoms with Crippen LogP contribution in [0.1, 0.15) is 40.6 Å². The molecule has 3 aromatic rings. The number of ether oxygens (including phenoxy) is 1. The number of nitrogens with zero attached hydrogens (tertiary/aromatic N) is 1. The molecule has 1 aliphatic rings. The Hall–Kier alpha value is -3.08. The van der Waals surface area contributed by atoms with E-state index in [2.05, 4.69) is 10.5 Å². The number of rotatable bonds is 6. The molecule has 0 saturated heterocycles. The topological polar surface area (TPSA) is 64.4 Å². The van der Waals surface area contributed by atoms with Crippen molar-refractivity contribution in [3.63, 3.8) is 0 Å². The molecule has 1 saturated carbocycles. The first-order chi connectivity index (χ1) is 12.3. The van der Waals surface area contributed by atoms with Crippen molar-refractivity contribution in [1.82, 2.24) is 10.5 Å². The molecule has 126 valence electrons. The zero-order valence-electron chi connectivity index (χ0n) is 13.6. The molecular formula is C20H18N2O3. The SMILES string of the molecule is O=C(NCc1ccc(Oc2ccccc2)cc1)c1cc(C2CC2)on1. The van der Waals surface area contributed by atoms with Gasteiger partial charge in [-0.15, -0.1) is 0 Å². The number of carbonyl (C=O) groups excluding carboxylic acids is 1. The predicted octanol–water partition coefficient (Wildman–Crippen LogP) is 4.27. The fourth-order valence-electron chi connectivity index (χ4n) is 2.53. The van der Waals surface area contributed by atoms with E-state index >= 15 is 0 Å². The highest BCUT2D eigenvalue weighted by atomic mass is 16.5. The van der Waals surface area contributed by atoms with E-state index in [1.165, 1.54) is 0 Å². The Bertz CT molecular complexity index is 852. The number of aromatic nitrogens is 1. The second-order valence-corrected chi connectivity index (χ2v) is 6.13. The summed E-state index contributed by atoms with van der Waals surface area (Å²) in [4.78, 5) is 12.1. The van der Waals surface area contributed by atoms with E-state index in [-0.39, 0.29) is 5.91 Å². The molecule has 1 fully saturated rings. The lowest BCUT2D eigenvalue weighted by molar-refractivity contribution is 0.0941. The Labute approximate surface area is 145 Å². The van der Waals surface area contributed by atoms with Crippen molar-refractivity contribution in [3.05, 3.63) is 77.7 Å². The molecule has 1 aromatic heterocycles. The van der Waals surface area contributed by atoms with Gasteiger partial charge in [0.1, 0.15) is 17.3 Å². The van der Waals surface area contributed by atoms with Crippen LogP contribution in [-0.2, 0) is 6.54 Å². The molecule has 0 spiro atoms. The van der Waals surface area contributed by atoms with Gasteiger partial charge in [-0.3, -0.25) is 4.79 Å². The van der Waals surface area contributed by atoms with Gasteiger partial charge in [0.15, 0.2) is 5.69 Å². The summed E-state index contributed by atoms with van der Waals surface area (Å²) in [5.74, 6) is 2.59. The molecule has 5 nitrogen and oxygen atoms in total. The first-order valence-electron chi connectivity index (χ1n) is 8.34. The van der Waals surface area contributed by atoms with Gasteiger partial charge >= 0.3 is 0 Å². The van der Waals surface area contributed by atoms with Gasteiger partial charge in [0.2, 0.25) is 0 Å². The van der Waals surface area contributed by atoms with Crippen molar-refractivity contribution in [3.8, 4) is 11.5 Å². The highest BCUT2D eigenvalue weighted by Gasteiger charge is 2.28. The number of benzene rings is 2. The number of hydrogen-bond donors (Lipinski definition) is 1. The van der Waals surface area contributed by atoms with Gasteiger partial charge in [-0.2, -0.15) is 0 Å². The van der Waals surface area contributed by atoms with Gasteiger partial charge < -0.3 is 14.6 Å². The summed E-state index contributed by atoms with van der Waals surface area (Å²) < 4.78 is 11.0. The fourth-order valence-corrected chi connectivity index (χ4v) is 2.53. The number of nitrogens with one attached hydrogen (secondary N) is 1. The molecule has 5 heteroatoms. The quantitative estimate of drug-likeness (QED) is 0.731. The van der Waals surface area contributed by atoms with Crippen LogP contribution < -0.4 is 10.1 Å². The monoisotopic (exact) mass is 334 g/mol. The first kappa shape index (κ1) is 15.4. The summed E-state index contributed by atoms with van der Waals surface area (Å²) >= 11 is 0. The van der Waals surface area contributed by atoms with Crippen LogP contribution in [0, 0.1) is 0 Å². The number of carbonyl (C=O) groups is 1. The normalized spacial score (nSPS) is 13.4. The maximum absolute atomic E-state index is 12.1. The average Bonchev–Trinajstić information content (AvgIpc) is 3.38. The molecule has 0 aliphatic heterocycles. The Morgan fingerprint density at radius 3 is 2.52 bits per heavy atom. The van der Waals surface area contributed by atoms with Crippen LogP contribution in [0.3, 0.4) is 0 Å². The lowest BCUT2D eigenvalue weighted by Crippen LogP contribution is -2.22. The molecule has 1 N–H and O–H groups in total. The van der Waals surface area contributed by atoms with Crippen LogP contribution in [0.5, 0.6) is 11.5 Å². The molecule has 1 amide bonds. The largest absolute Gasteiger partial charge is 0.457 e. The van der Waals surface area contributed by atoms with Gasteiger partial charge in [-0.1, -0.05) is 35.5 Å². The third kappa shape index (κ3) is 3.88. The predicted molar refractivity (Wildman–Crippen MR) is 92.6 cm³/mol. The molecule has 1 heterocycles. The summed E-state index contributed by atoms with van der Waals surface area (Å²) in [7, 11) is 0. The Balaban J connectivity index is 1.32. The second kappa shape index (κ2) is 6.81. The Morgan fingerprint density at radius 1 is 1.08 bits per heavy atom. The molecule has 0 bridgehead atoms. The third-order valence-corrected chi connectivity index (χ3v) is 4.10. The van der Waals surface area contributed by atoms with Crippen LogP contribution in [0.25, 0.3) is 0 Å². The Kier molecular flexibility index (Phi) is 4.21. The van der Waals surface area contributed by atoms with Gasteiger partial charge in [-0.05, 0) is 42.7 Å². The summed E-state index contributed by atoms with van der Waals surface area (Å²) in [5.41, 5.74) is 1.32.